The first kappa shape index (κ1) is 27.6. The van der Waals surface area contributed by atoms with E-state index in [-0.39, 0.29) is 17.8 Å². The number of nitrogens with zero attached hydrogens (tertiary/aromatic N) is 7. The van der Waals surface area contributed by atoms with Crippen LogP contribution in [0.3, 0.4) is 0 Å². The van der Waals surface area contributed by atoms with Gasteiger partial charge in [0.1, 0.15) is 17.4 Å². The number of rotatable bonds is 6. The first-order chi connectivity index (χ1) is 17.8. The molecular weight excluding hydrogens is 509 g/mol. The SMILES string of the molecule is CC.CC(O)CN1CCCC(C2CN(c3cnc4c(C#N)nn(C(C)c5ccc(Cl)cc5Cl)c4n3)C2)C1. The van der Waals surface area contributed by atoms with Crippen LogP contribution in [0.1, 0.15) is 57.8 Å². The summed E-state index contributed by atoms with van der Waals surface area (Å²) in [5.41, 5.74) is 2.16. The molecule has 3 atom stereocenters. The molecule has 10 heteroatoms. The number of hydrogen-bond acceptors (Lipinski definition) is 7. The van der Waals surface area contributed by atoms with Crippen molar-refractivity contribution < 1.29 is 5.11 Å². The molecule has 0 radical (unpaired) electrons. The van der Waals surface area contributed by atoms with E-state index in [9.17, 15) is 10.4 Å². The minimum absolute atomic E-state index is 0.248. The summed E-state index contributed by atoms with van der Waals surface area (Å²) in [6.07, 6.45) is 3.87. The van der Waals surface area contributed by atoms with Gasteiger partial charge >= 0.3 is 0 Å². The zero-order valence-corrected chi connectivity index (χ0v) is 23.4. The van der Waals surface area contributed by atoms with Crippen LogP contribution in [0.5, 0.6) is 0 Å². The summed E-state index contributed by atoms with van der Waals surface area (Å²) in [6.45, 7) is 12.6. The number of aliphatic hydroxyl groups is 1. The van der Waals surface area contributed by atoms with Gasteiger partial charge in [0, 0.05) is 36.2 Å². The Bertz CT molecular complexity index is 1270. The molecule has 1 aromatic carbocycles. The van der Waals surface area contributed by atoms with Crippen LogP contribution in [-0.2, 0) is 0 Å². The highest BCUT2D eigenvalue weighted by Crippen LogP contribution is 2.35. The summed E-state index contributed by atoms with van der Waals surface area (Å²) in [6, 6.07) is 7.26. The fraction of sp³-hybridized carbons (Fsp3) is 0.556. The highest BCUT2D eigenvalue weighted by atomic mass is 35.5. The normalized spacial score (nSPS) is 20.1. The van der Waals surface area contributed by atoms with Gasteiger partial charge in [-0.3, -0.25) is 0 Å². The topological polar surface area (TPSA) is 94.1 Å². The van der Waals surface area contributed by atoms with Crippen LogP contribution in [0.2, 0.25) is 10.0 Å². The Hall–Kier alpha value is -2.44. The van der Waals surface area contributed by atoms with E-state index in [0.29, 0.717) is 33.0 Å². The second-order valence-electron chi connectivity index (χ2n) is 9.82. The van der Waals surface area contributed by atoms with Gasteiger partial charge in [0.25, 0.3) is 0 Å². The minimum atomic E-state index is -0.290. The monoisotopic (exact) mass is 543 g/mol. The second kappa shape index (κ2) is 12.0. The van der Waals surface area contributed by atoms with Gasteiger partial charge in [-0.25, -0.2) is 14.6 Å². The molecule has 3 aromatic rings. The van der Waals surface area contributed by atoms with Crippen molar-refractivity contribution in [2.75, 3.05) is 37.6 Å². The van der Waals surface area contributed by atoms with Gasteiger partial charge in [0.05, 0.1) is 18.3 Å². The summed E-state index contributed by atoms with van der Waals surface area (Å²) in [7, 11) is 0. The van der Waals surface area contributed by atoms with Crippen molar-refractivity contribution in [3.05, 3.63) is 45.7 Å². The van der Waals surface area contributed by atoms with E-state index >= 15 is 0 Å². The van der Waals surface area contributed by atoms with E-state index in [0.717, 1.165) is 44.1 Å². The molecule has 2 aliphatic heterocycles. The smallest absolute Gasteiger partial charge is 0.190 e. The van der Waals surface area contributed by atoms with Gasteiger partial charge in [-0.05, 0) is 62.8 Å². The number of fused-ring (bicyclic) bond motifs is 1. The number of benzene rings is 1. The van der Waals surface area contributed by atoms with Crippen LogP contribution >= 0.6 is 23.2 Å². The predicted octanol–water partition coefficient (Wildman–Crippen LogP) is 5.17. The molecule has 0 amide bonds. The number of β-amino-alcohol motifs (C(OH)–C–C–N with tert-alkyl or cyclic N) is 1. The molecule has 198 valence electrons. The summed E-state index contributed by atoms with van der Waals surface area (Å²) >= 11 is 12.5. The van der Waals surface area contributed by atoms with Gasteiger partial charge in [0.15, 0.2) is 11.3 Å². The number of hydrogen-bond donors (Lipinski definition) is 1. The molecule has 8 nitrogen and oxygen atoms in total. The number of aromatic nitrogens is 4. The van der Waals surface area contributed by atoms with E-state index in [4.69, 9.17) is 28.2 Å². The molecule has 4 heterocycles. The molecule has 0 bridgehead atoms. The fourth-order valence-electron chi connectivity index (χ4n) is 5.38. The molecule has 2 fully saturated rings. The van der Waals surface area contributed by atoms with Gasteiger partial charge in [-0.2, -0.15) is 10.4 Å². The quantitative estimate of drug-likeness (QED) is 0.458. The van der Waals surface area contributed by atoms with Crippen molar-refractivity contribution in [3.63, 3.8) is 0 Å². The third kappa shape index (κ3) is 5.85. The Morgan fingerprint density at radius 3 is 2.59 bits per heavy atom. The molecule has 3 unspecified atom stereocenters. The lowest BCUT2D eigenvalue weighted by molar-refractivity contribution is 0.0725. The summed E-state index contributed by atoms with van der Waals surface area (Å²) in [5.74, 6) is 2.04. The third-order valence-electron chi connectivity index (χ3n) is 7.24. The molecule has 5 rings (SSSR count). The molecule has 0 saturated carbocycles. The maximum atomic E-state index is 9.75. The van der Waals surface area contributed by atoms with E-state index in [1.807, 2.05) is 33.8 Å². The Labute approximate surface area is 228 Å². The van der Waals surface area contributed by atoms with Gasteiger partial charge < -0.3 is 14.9 Å². The van der Waals surface area contributed by atoms with Crippen LogP contribution in [0.25, 0.3) is 11.2 Å². The minimum Gasteiger partial charge on any atom is -0.392 e. The van der Waals surface area contributed by atoms with Crippen LogP contribution < -0.4 is 4.90 Å². The standard InChI is InChI=1S/C25H29Cl2N7O.C2H6/c1-15(35)11-32-7-3-4-17(12-32)18-13-33(14-18)23-10-29-24-22(9-28)31-34(25(24)30-23)16(2)20-6-5-19(26)8-21(20)27;1-2/h5-6,8,10,15-18,35H,3-4,7,11-14H2,1-2H3;1-2H3. The average molecular weight is 545 g/mol. The molecular formula is C27H35Cl2N7O. The van der Waals surface area contributed by atoms with E-state index < -0.39 is 0 Å². The number of likely N-dealkylation sites (tertiary alicyclic amines) is 1. The number of aliphatic hydroxyl groups excluding tert-OH is 1. The highest BCUT2D eigenvalue weighted by Gasteiger charge is 2.37. The molecule has 2 aliphatic rings. The van der Waals surface area contributed by atoms with Crippen molar-refractivity contribution in [2.45, 2.75) is 52.7 Å². The van der Waals surface area contributed by atoms with Crippen LogP contribution in [0, 0.1) is 23.2 Å². The fourth-order valence-corrected chi connectivity index (χ4v) is 5.95. The van der Waals surface area contributed by atoms with E-state index in [1.165, 1.54) is 12.8 Å². The average Bonchev–Trinajstić information content (AvgIpc) is 3.22. The number of nitriles is 1. The van der Waals surface area contributed by atoms with Crippen molar-refractivity contribution in [1.29, 1.82) is 5.26 Å². The van der Waals surface area contributed by atoms with Crippen LogP contribution in [-0.4, -0.2) is 68.6 Å². The van der Waals surface area contributed by atoms with Gasteiger partial charge in [0.2, 0.25) is 0 Å². The lowest BCUT2D eigenvalue weighted by Crippen LogP contribution is -2.54. The molecule has 2 saturated heterocycles. The summed E-state index contributed by atoms with van der Waals surface area (Å²) < 4.78 is 1.73. The molecule has 1 N–H and O–H groups in total. The second-order valence-corrected chi connectivity index (χ2v) is 10.7. The van der Waals surface area contributed by atoms with Gasteiger partial charge in [-0.15, -0.1) is 0 Å². The Morgan fingerprint density at radius 2 is 1.92 bits per heavy atom. The predicted molar refractivity (Wildman–Crippen MR) is 148 cm³/mol. The molecule has 37 heavy (non-hydrogen) atoms. The van der Waals surface area contributed by atoms with Gasteiger partial charge in [-0.1, -0.05) is 43.1 Å². The highest BCUT2D eigenvalue weighted by molar-refractivity contribution is 6.35. The Kier molecular flexibility index (Phi) is 8.91. The number of anilines is 1. The molecule has 2 aromatic heterocycles. The Morgan fingerprint density at radius 1 is 1.16 bits per heavy atom. The largest absolute Gasteiger partial charge is 0.392 e. The first-order valence-corrected chi connectivity index (χ1v) is 13.8. The van der Waals surface area contributed by atoms with Crippen LogP contribution in [0.4, 0.5) is 5.82 Å². The summed E-state index contributed by atoms with van der Waals surface area (Å²) in [4.78, 5) is 14.1. The van der Waals surface area contributed by atoms with E-state index in [2.05, 4.69) is 26.0 Å². The van der Waals surface area contributed by atoms with Crippen LogP contribution in [0.15, 0.2) is 24.4 Å². The van der Waals surface area contributed by atoms with E-state index in [1.54, 1.807) is 23.0 Å². The first-order valence-electron chi connectivity index (χ1n) is 13.1. The molecule has 0 spiro atoms. The lowest BCUT2D eigenvalue weighted by atomic mass is 9.80. The summed E-state index contributed by atoms with van der Waals surface area (Å²) in [5, 5.41) is 25.0. The number of piperidine rings is 1. The van der Waals surface area contributed by atoms with Crippen molar-refractivity contribution in [1.82, 2.24) is 24.6 Å². The lowest BCUT2D eigenvalue weighted by Gasteiger charge is -2.47. The maximum absolute atomic E-state index is 9.75. The van der Waals surface area contributed by atoms with Crippen molar-refractivity contribution in [2.24, 2.45) is 11.8 Å². The third-order valence-corrected chi connectivity index (χ3v) is 7.80. The maximum Gasteiger partial charge on any atom is 0.190 e. The molecule has 0 aliphatic carbocycles. The number of halogens is 2. The zero-order chi connectivity index (χ0) is 26.7. The Balaban J connectivity index is 0.00000156. The van der Waals surface area contributed by atoms with Crippen molar-refractivity contribution in [3.8, 4) is 6.07 Å². The zero-order valence-electron chi connectivity index (χ0n) is 21.9. The van der Waals surface area contributed by atoms with Crippen molar-refractivity contribution >= 4 is 40.2 Å².